The van der Waals surface area contributed by atoms with Crippen LogP contribution in [0.2, 0.25) is 5.02 Å². The normalized spacial score (nSPS) is 10.4. The predicted octanol–water partition coefficient (Wildman–Crippen LogP) is 5.26. The molecule has 30 heavy (non-hydrogen) atoms. The van der Waals surface area contributed by atoms with Crippen LogP contribution in [-0.4, -0.2) is 19.6 Å². The molecule has 0 radical (unpaired) electrons. The Labute approximate surface area is 181 Å². The largest absolute Gasteiger partial charge is 0.496 e. The average molecular weight is 426 g/mol. The highest BCUT2D eigenvalue weighted by molar-refractivity contribution is 6.30. The highest BCUT2D eigenvalue weighted by Gasteiger charge is 2.12. The van der Waals surface area contributed by atoms with Gasteiger partial charge in [-0.15, -0.1) is 0 Å². The molecule has 0 spiro atoms. The highest BCUT2D eigenvalue weighted by atomic mass is 35.5. The number of carbonyl (C=O) groups excluding carboxylic acids is 1. The molecule has 0 saturated carbocycles. The van der Waals surface area contributed by atoms with E-state index < -0.39 is 0 Å². The molecule has 0 bridgehead atoms. The van der Waals surface area contributed by atoms with E-state index in [0.717, 1.165) is 16.9 Å². The lowest BCUT2D eigenvalue weighted by molar-refractivity contribution is 0.0950. The molecule has 3 aromatic rings. The van der Waals surface area contributed by atoms with Crippen molar-refractivity contribution in [3.63, 3.8) is 0 Å². The van der Waals surface area contributed by atoms with E-state index in [9.17, 15) is 4.79 Å². The van der Waals surface area contributed by atoms with Crippen LogP contribution < -0.4 is 19.5 Å². The van der Waals surface area contributed by atoms with E-state index in [1.54, 1.807) is 49.6 Å². The summed E-state index contributed by atoms with van der Waals surface area (Å²) in [5.74, 6) is 1.93. The second-order valence-corrected chi connectivity index (χ2v) is 6.93. The molecule has 0 unspecified atom stereocenters. The summed E-state index contributed by atoms with van der Waals surface area (Å²) in [6.07, 6.45) is 0. The van der Waals surface area contributed by atoms with Gasteiger partial charge in [0.15, 0.2) is 0 Å². The molecule has 0 aliphatic carbocycles. The van der Waals surface area contributed by atoms with Crippen LogP contribution in [0.15, 0.2) is 66.7 Å². The quantitative estimate of drug-likeness (QED) is 0.508. The minimum Gasteiger partial charge on any atom is -0.496 e. The van der Waals surface area contributed by atoms with Crippen LogP contribution in [0.5, 0.6) is 17.2 Å². The number of amides is 1. The topological polar surface area (TPSA) is 56.8 Å². The van der Waals surface area contributed by atoms with Crippen LogP contribution >= 0.6 is 11.6 Å². The van der Waals surface area contributed by atoms with Gasteiger partial charge in [-0.1, -0.05) is 29.8 Å². The zero-order valence-corrected chi connectivity index (χ0v) is 17.7. The van der Waals surface area contributed by atoms with E-state index in [4.69, 9.17) is 25.8 Å². The van der Waals surface area contributed by atoms with Gasteiger partial charge in [0.25, 0.3) is 5.91 Å². The number of ether oxygens (including phenoxy) is 3. The molecule has 0 fully saturated rings. The monoisotopic (exact) mass is 425 g/mol. The fourth-order valence-corrected chi connectivity index (χ4v) is 3.07. The summed E-state index contributed by atoms with van der Waals surface area (Å²) < 4.78 is 16.9. The number of benzene rings is 3. The van der Waals surface area contributed by atoms with Gasteiger partial charge < -0.3 is 19.5 Å². The van der Waals surface area contributed by atoms with Gasteiger partial charge >= 0.3 is 0 Å². The maximum Gasteiger partial charge on any atom is 0.251 e. The van der Waals surface area contributed by atoms with Crippen LogP contribution in [0.1, 0.15) is 28.4 Å². The maximum atomic E-state index is 12.7. The molecule has 0 aliphatic heterocycles. The van der Waals surface area contributed by atoms with Crippen LogP contribution in [0, 0.1) is 0 Å². The Kier molecular flexibility index (Phi) is 7.57. The van der Waals surface area contributed by atoms with Gasteiger partial charge in [0.2, 0.25) is 0 Å². The van der Waals surface area contributed by atoms with E-state index in [1.165, 1.54) is 0 Å². The van der Waals surface area contributed by atoms with E-state index >= 15 is 0 Å². The lowest BCUT2D eigenvalue weighted by Crippen LogP contribution is -2.23. The van der Waals surface area contributed by atoms with Crippen molar-refractivity contribution in [3.8, 4) is 17.2 Å². The molecule has 6 heteroatoms. The van der Waals surface area contributed by atoms with Crippen molar-refractivity contribution < 1.29 is 19.0 Å². The maximum absolute atomic E-state index is 12.7. The lowest BCUT2D eigenvalue weighted by atomic mass is 10.1. The highest BCUT2D eigenvalue weighted by Crippen LogP contribution is 2.24. The molecule has 0 aromatic heterocycles. The number of hydrogen-bond acceptors (Lipinski definition) is 4. The molecule has 3 aromatic carbocycles. The standard InChI is InChI=1S/C24H24ClNO4/c1-3-29-23-13-8-17(14-19(23)16-30-21-11-9-20(25)10-12-21)24(27)26-15-18-6-4-5-7-22(18)28-2/h4-14H,3,15-16H2,1-2H3,(H,26,27). The molecule has 1 amide bonds. The van der Waals surface area contributed by atoms with Crippen LogP contribution in [0.4, 0.5) is 0 Å². The zero-order chi connectivity index (χ0) is 21.3. The molecule has 0 aliphatic rings. The van der Waals surface area contributed by atoms with E-state index in [0.29, 0.717) is 35.2 Å². The molecular formula is C24H24ClNO4. The molecule has 0 saturated heterocycles. The van der Waals surface area contributed by atoms with Crippen molar-refractivity contribution in [2.75, 3.05) is 13.7 Å². The first kappa shape index (κ1) is 21.5. The fraction of sp³-hybridized carbons (Fsp3) is 0.208. The second kappa shape index (κ2) is 10.6. The van der Waals surface area contributed by atoms with Gasteiger partial charge in [-0.05, 0) is 55.5 Å². The van der Waals surface area contributed by atoms with Gasteiger partial charge in [0.05, 0.1) is 13.7 Å². The summed E-state index contributed by atoms with van der Waals surface area (Å²) in [4.78, 5) is 12.7. The van der Waals surface area contributed by atoms with Gasteiger partial charge in [-0.3, -0.25) is 4.79 Å². The molecule has 156 valence electrons. The molecule has 5 nitrogen and oxygen atoms in total. The molecule has 0 heterocycles. The number of carbonyl (C=O) groups is 1. The first-order valence-corrected chi connectivity index (χ1v) is 10.0. The molecule has 3 rings (SSSR count). The number of para-hydroxylation sites is 1. The van der Waals surface area contributed by atoms with Gasteiger partial charge in [-0.25, -0.2) is 0 Å². The minimum atomic E-state index is -0.184. The van der Waals surface area contributed by atoms with Crippen molar-refractivity contribution in [2.45, 2.75) is 20.1 Å². The summed E-state index contributed by atoms with van der Waals surface area (Å²) >= 11 is 5.92. The van der Waals surface area contributed by atoms with E-state index in [2.05, 4.69) is 5.32 Å². The third-order valence-corrected chi connectivity index (χ3v) is 4.71. The molecule has 1 N–H and O–H groups in total. The van der Waals surface area contributed by atoms with Crippen LogP contribution in [-0.2, 0) is 13.2 Å². The van der Waals surface area contributed by atoms with E-state index in [-0.39, 0.29) is 12.5 Å². The van der Waals surface area contributed by atoms with Crippen molar-refractivity contribution in [1.29, 1.82) is 0 Å². The lowest BCUT2D eigenvalue weighted by Gasteiger charge is -2.14. The third kappa shape index (κ3) is 5.67. The summed E-state index contributed by atoms with van der Waals surface area (Å²) in [6.45, 7) is 3.07. The van der Waals surface area contributed by atoms with E-state index in [1.807, 2.05) is 31.2 Å². The SMILES string of the molecule is CCOc1ccc(C(=O)NCc2ccccc2OC)cc1COc1ccc(Cl)cc1. The van der Waals surface area contributed by atoms with Crippen LogP contribution in [0.25, 0.3) is 0 Å². The van der Waals surface area contributed by atoms with Crippen molar-refractivity contribution in [2.24, 2.45) is 0 Å². The molecule has 0 atom stereocenters. The van der Waals surface area contributed by atoms with Gasteiger partial charge in [0, 0.05) is 28.3 Å². The van der Waals surface area contributed by atoms with Crippen molar-refractivity contribution in [1.82, 2.24) is 5.32 Å². The third-order valence-electron chi connectivity index (χ3n) is 4.46. The predicted molar refractivity (Wildman–Crippen MR) is 118 cm³/mol. The van der Waals surface area contributed by atoms with Crippen molar-refractivity contribution in [3.05, 3.63) is 88.4 Å². The Bertz CT molecular complexity index is 989. The first-order chi connectivity index (χ1) is 14.6. The van der Waals surface area contributed by atoms with Gasteiger partial charge in [-0.2, -0.15) is 0 Å². The smallest absolute Gasteiger partial charge is 0.251 e. The Balaban J connectivity index is 1.71. The Hall–Kier alpha value is -3.18. The zero-order valence-electron chi connectivity index (χ0n) is 17.0. The minimum absolute atomic E-state index is 0.184. The number of rotatable bonds is 9. The fourth-order valence-electron chi connectivity index (χ4n) is 2.95. The Morgan fingerprint density at radius 2 is 1.70 bits per heavy atom. The first-order valence-electron chi connectivity index (χ1n) is 9.65. The van der Waals surface area contributed by atoms with Gasteiger partial charge in [0.1, 0.15) is 23.9 Å². The average Bonchev–Trinajstić information content (AvgIpc) is 2.78. The number of halogens is 1. The summed E-state index contributed by atoms with van der Waals surface area (Å²) in [7, 11) is 1.61. The summed E-state index contributed by atoms with van der Waals surface area (Å²) in [5.41, 5.74) is 2.23. The second-order valence-electron chi connectivity index (χ2n) is 6.49. The summed E-state index contributed by atoms with van der Waals surface area (Å²) in [5, 5.41) is 3.58. The van der Waals surface area contributed by atoms with Crippen LogP contribution in [0.3, 0.4) is 0 Å². The van der Waals surface area contributed by atoms with Crippen molar-refractivity contribution >= 4 is 17.5 Å². The Morgan fingerprint density at radius 1 is 0.933 bits per heavy atom. The molecular weight excluding hydrogens is 402 g/mol. The Morgan fingerprint density at radius 3 is 2.43 bits per heavy atom. The summed E-state index contributed by atoms with van der Waals surface area (Å²) in [6, 6.07) is 20.0. The number of methoxy groups -OCH3 is 1. The number of hydrogen-bond donors (Lipinski definition) is 1. The number of nitrogens with one attached hydrogen (secondary N) is 1.